The van der Waals surface area contributed by atoms with Gasteiger partial charge in [-0.05, 0) is 11.1 Å². The lowest BCUT2D eigenvalue weighted by Crippen LogP contribution is -2.60. The summed E-state index contributed by atoms with van der Waals surface area (Å²) < 4.78 is 33.5. The van der Waals surface area contributed by atoms with Gasteiger partial charge in [-0.3, -0.25) is 4.79 Å². The molecule has 0 atom stereocenters. The van der Waals surface area contributed by atoms with E-state index in [9.17, 15) is 4.79 Å². The normalized spacial score (nSPS) is 22.9. The molecule has 0 saturated heterocycles. The lowest BCUT2D eigenvalue weighted by molar-refractivity contribution is -0.249. The zero-order chi connectivity index (χ0) is 18.2. The van der Waals surface area contributed by atoms with E-state index in [1.165, 1.54) is 14.2 Å². The molecule has 4 rings (SSSR count). The highest BCUT2D eigenvalue weighted by Gasteiger charge is 2.66. The van der Waals surface area contributed by atoms with Gasteiger partial charge in [0, 0.05) is 77.8 Å². The molecule has 0 radical (unpaired) electrons. The Balaban J connectivity index is 2.03. The van der Waals surface area contributed by atoms with Crippen LogP contribution >= 0.6 is 0 Å². The topological polar surface area (TPSA) is 72.5 Å². The quantitative estimate of drug-likeness (QED) is 0.717. The zero-order valence-electron chi connectivity index (χ0n) is 15.3. The Morgan fingerprint density at radius 1 is 0.640 bits per heavy atom. The number of hydrogen-bond acceptors (Lipinski definition) is 7. The number of carbonyl (C=O) groups excluding carboxylic acids is 1. The molecule has 1 aromatic carbocycles. The van der Waals surface area contributed by atoms with Crippen LogP contribution in [-0.4, -0.2) is 48.4 Å². The SMILES string of the molecule is COC1(OC)Cc2c1c1c(c3c2C(OC)(OC)C3=O)C(OC)(OC)C1. The first-order chi connectivity index (χ1) is 12.0. The number of ether oxygens (including phenoxy) is 6. The van der Waals surface area contributed by atoms with Crippen LogP contribution in [0.4, 0.5) is 0 Å². The molecular weight excluding hydrogens is 328 g/mol. The molecule has 0 bridgehead atoms. The van der Waals surface area contributed by atoms with Crippen LogP contribution < -0.4 is 0 Å². The summed E-state index contributed by atoms with van der Waals surface area (Å²) in [5.74, 6) is -3.36. The van der Waals surface area contributed by atoms with Crippen molar-refractivity contribution >= 4 is 5.78 Å². The molecule has 0 spiro atoms. The second-order valence-electron chi connectivity index (χ2n) is 6.49. The van der Waals surface area contributed by atoms with Crippen molar-refractivity contribution in [3.05, 3.63) is 33.4 Å². The van der Waals surface area contributed by atoms with E-state index < -0.39 is 17.4 Å². The van der Waals surface area contributed by atoms with Gasteiger partial charge in [0.05, 0.1) is 0 Å². The smallest absolute Gasteiger partial charge is 0.261 e. The summed E-state index contributed by atoms with van der Waals surface area (Å²) in [6, 6.07) is 0. The maximum atomic E-state index is 12.9. The highest BCUT2D eigenvalue weighted by atomic mass is 16.7. The summed E-state index contributed by atoms with van der Waals surface area (Å²) in [6.45, 7) is 0. The molecule has 0 fully saturated rings. The fourth-order valence-corrected chi connectivity index (χ4v) is 4.66. The number of ketones is 1. The van der Waals surface area contributed by atoms with Gasteiger partial charge in [0.15, 0.2) is 11.6 Å². The van der Waals surface area contributed by atoms with Gasteiger partial charge < -0.3 is 28.4 Å². The Morgan fingerprint density at radius 2 is 1.08 bits per heavy atom. The molecule has 0 aromatic heterocycles. The predicted octanol–water partition coefficient (Wildman–Crippen LogP) is 1.33. The number of rotatable bonds is 6. The third-order valence-electron chi connectivity index (χ3n) is 6.04. The maximum absolute atomic E-state index is 12.9. The van der Waals surface area contributed by atoms with Crippen LogP contribution in [0.1, 0.15) is 38.2 Å². The van der Waals surface area contributed by atoms with E-state index in [0.29, 0.717) is 18.4 Å². The molecule has 0 saturated carbocycles. The van der Waals surface area contributed by atoms with E-state index in [1.54, 1.807) is 28.4 Å². The third kappa shape index (κ3) is 1.56. The fraction of sp³-hybridized carbons (Fsp3) is 0.611. The first kappa shape index (κ1) is 17.1. The molecule has 3 aliphatic carbocycles. The van der Waals surface area contributed by atoms with Gasteiger partial charge in [-0.25, -0.2) is 0 Å². The predicted molar refractivity (Wildman–Crippen MR) is 85.3 cm³/mol. The maximum Gasteiger partial charge on any atom is 0.261 e. The molecule has 7 nitrogen and oxygen atoms in total. The van der Waals surface area contributed by atoms with Crippen molar-refractivity contribution in [1.82, 2.24) is 0 Å². The van der Waals surface area contributed by atoms with Crippen LogP contribution in [-0.2, 0) is 58.6 Å². The minimum atomic E-state index is -1.38. The van der Waals surface area contributed by atoms with E-state index in [0.717, 1.165) is 27.8 Å². The monoisotopic (exact) mass is 350 g/mol. The summed E-state index contributed by atoms with van der Waals surface area (Å²) in [6.07, 6.45) is 1.05. The summed E-state index contributed by atoms with van der Waals surface area (Å²) in [4.78, 5) is 12.9. The molecule has 0 heterocycles. The Kier molecular flexibility index (Phi) is 3.48. The van der Waals surface area contributed by atoms with Gasteiger partial charge in [-0.2, -0.15) is 0 Å². The average Bonchev–Trinajstić information content (AvgIpc) is 2.61. The van der Waals surface area contributed by atoms with Crippen LogP contribution in [0.25, 0.3) is 0 Å². The molecule has 0 aliphatic heterocycles. The third-order valence-corrected chi connectivity index (χ3v) is 6.04. The summed E-state index contributed by atoms with van der Waals surface area (Å²) in [5, 5.41) is 0. The van der Waals surface area contributed by atoms with Crippen molar-refractivity contribution in [2.24, 2.45) is 0 Å². The number of benzene rings is 1. The number of methoxy groups -OCH3 is 6. The molecule has 0 N–H and O–H groups in total. The molecule has 25 heavy (non-hydrogen) atoms. The zero-order valence-corrected chi connectivity index (χ0v) is 15.3. The van der Waals surface area contributed by atoms with Crippen LogP contribution in [0.15, 0.2) is 0 Å². The van der Waals surface area contributed by atoms with Crippen LogP contribution in [0, 0.1) is 0 Å². The van der Waals surface area contributed by atoms with Gasteiger partial charge >= 0.3 is 0 Å². The fourth-order valence-electron chi connectivity index (χ4n) is 4.66. The second kappa shape index (κ2) is 5.09. The first-order valence-electron chi connectivity index (χ1n) is 8.04. The Labute approximate surface area is 146 Å². The Morgan fingerprint density at radius 3 is 1.52 bits per heavy atom. The highest BCUT2D eigenvalue weighted by Crippen LogP contribution is 2.62. The summed E-state index contributed by atoms with van der Waals surface area (Å²) in [7, 11) is 9.30. The van der Waals surface area contributed by atoms with E-state index in [-0.39, 0.29) is 5.78 Å². The number of carbonyl (C=O) groups is 1. The van der Waals surface area contributed by atoms with Gasteiger partial charge in [-0.15, -0.1) is 0 Å². The largest absolute Gasteiger partial charge is 0.349 e. The van der Waals surface area contributed by atoms with Gasteiger partial charge in [-0.1, -0.05) is 0 Å². The number of hydrogen-bond donors (Lipinski definition) is 0. The van der Waals surface area contributed by atoms with Crippen molar-refractivity contribution in [3.8, 4) is 0 Å². The molecule has 0 amide bonds. The minimum absolute atomic E-state index is 0.211. The lowest BCUT2D eigenvalue weighted by atomic mass is 9.58. The van der Waals surface area contributed by atoms with E-state index in [2.05, 4.69) is 0 Å². The average molecular weight is 350 g/mol. The Bertz CT molecular complexity index is 747. The van der Waals surface area contributed by atoms with Crippen molar-refractivity contribution in [1.29, 1.82) is 0 Å². The van der Waals surface area contributed by atoms with Gasteiger partial charge in [0.2, 0.25) is 5.78 Å². The van der Waals surface area contributed by atoms with E-state index >= 15 is 0 Å². The Hall–Kier alpha value is -1.35. The second-order valence-corrected chi connectivity index (χ2v) is 6.49. The van der Waals surface area contributed by atoms with E-state index in [4.69, 9.17) is 28.4 Å². The van der Waals surface area contributed by atoms with Crippen molar-refractivity contribution in [2.45, 2.75) is 30.2 Å². The van der Waals surface area contributed by atoms with Gasteiger partial charge in [0.25, 0.3) is 5.79 Å². The lowest BCUT2D eigenvalue weighted by Gasteiger charge is -2.56. The van der Waals surface area contributed by atoms with Crippen LogP contribution in [0.5, 0.6) is 0 Å². The standard InChI is InChI=1S/C18H22O7/c1-20-16(21-2)8-10-12(16)9-7-17(22-3,23-4)13(9)11-14(10)18(24-5,25-6)15(11)19/h7-8H2,1-6H3. The highest BCUT2D eigenvalue weighted by molar-refractivity contribution is 6.14. The van der Waals surface area contributed by atoms with Crippen molar-refractivity contribution in [2.75, 3.05) is 42.7 Å². The number of fused-ring (bicyclic) bond motifs is 6. The summed E-state index contributed by atoms with van der Waals surface area (Å²) >= 11 is 0. The van der Waals surface area contributed by atoms with E-state index in [1.807, 2.05) is 0 Å². The van der Waals surface area contributed by atoms with Crippen LogP contribution in [0.2, 0.25) is 0 Å². The van der Waals surface area contributed by atoms with Crippen molar-refractivity contribution in [3.63, 3.8) is 0 Å². The molecular formula is C18H22O7. The molecule has 3 aliphatic rings. The minimum Gasteiger partial charge on any atom is -0.349 e. The molecule has 1 aromatic rings. The van der Waals surface area contributed by atoms with Crippen molar-refractivity contribution < 1.29 is 33.2 Å². The molecule has 0 unspecified atom stereocenters. The van der Waals surface area contributed by atoms with Gasteiger partial charge in [0.1, 0.15) is 0 Å². The molecule has 136 valence electrons. The number of Topliss-reactive ketones (excluding diaryl/α,β-unsaturated/α-hetero) is 1. The van der Waals surface area contributed by atoms with Crippen LogP contribution in [0.3, 0.4) is 0 Å². The molecule has 7 heteroatoms. The first-order valence-corrected chi connectivity index (χ1v) is 8.04. The summed E-state index contributed by atoms with van der Waals surface area (Å²) in [5.41, 5.74) is 4.96.